The van der Waals surface area contributed by atoms with Crippen molar-refractivity contribution in [2.24, 2.45) is 14.1 Å². The molecule has 0 aromatic carbocycles. The lowest BCUT2D eigenvalue weighted by Crippen LogP contribution is -2.00. The van der Waals surface area contributed by atoms with Gasteiger partial charge in [-0.25, -0.2) is 9.50 Å². The zero-order valence-corrected chi connectivity index (χ0v) is 17.1. The highest BCUT2D eigenvalue weighted by molar-refractivity contribution is 5.75. The van der Waals surface area contributed by atoms with Crippen LogP contribution in [0, 0.1) is 11.8 Å². The maximum absolute atomic E-state index is 6.22. The Bertz CT molecular complexity index is 1420. The second-order valence-electron chi connectivity index (χ2n) is 7.14. The molecule has 31 heavy (non-hydrogen) atoms. The monoisotopic (exact) mass is 409 g/mol. The highest BCUT2D eigenvalue weighted by Gasteiger charge is 2.14. The third-order valence-corrected chi connectivity index (χ3v) is 4.87. The summed E-state index contributed by atoms with van der Waals surface area (Å²) in [6.45, 7) is 0.389. The van der Waals surface area contributed by atoms with Crippen LogP contribution in [0.4, 0.5) is 0 Å². The molecular formula is C23H19N7O. The third-order valence-electron chi connectivity index (χ3n) is 4.87. The second-order valence-corrected chi connectivity index (χ2v) is 7.14. The summed E-state index contributed by atoms with van der Waals surface area (Å²) in [7, 11) is 3.80. The smallest absolute Gasteiger partial charge is 0.147 e. The number of nitrogens with zero attached hydrogens (tertiary/aromatic N) is 7. The van der Waals surface area contributed by atoms with Crippen LogP contribution in [0.2, 0.25) is 0 Å². The summed E-state index contributed by atoms with van der Waals surface area (Å²) in [6, 6.07) is 5.87. The molecule has 0 spiro atoms. The molecule has 0 saturated carbocycles. The van der Waals surface area contributed by atoms with Gasteiger partial charge in [0.1, 0.15) is 23.6 Å². The summed E-state index contributed by atoms with van der Waals surface area (Å²) in [5.41, 5.74) is 5.33. The molecule has 5 heterocycles. The number of ether oxygens (including phenoxy) is 1. The van der Waals surface area contributed by atoms with Crippen LogP contribution in [-0.2, 0) is 20.7 Å². The summed E-state index contributed by atoms with van der Waals surface area (Å²) in [4.78, 5) is 8.27. The number of rotatable bonds is 4. The number of pyridine rings is 2. The van der Waals surface area contributed by atoms with Crippen LogP contribution in [-0.4, -0.2) is 33.9 Å². The normalized spacial score (nSPS) is 10.8. The average molecular weight is 409 g/mol. The van der Waals surface area contributed by atoms with Gasteiger partial charge in [-0.3, -0.25) is 9.67 Å². The van der Waals surface area contributed by atoms with E-state index in [1.54, 1.807) is 40.3 Å². The van der Waals surface area contributed by atoms with E-state index in [0.717, 1.165) is 33.5 Å². The molecule has 8 heteroatoms. The first-order valence-corrected chi connectivity index (χ1v) is 9.68. The van der Waals surface area contributed by atoms with Crippen molar-refractivity contribution in [1.82, 2.24) is 33.9 Å². The lowest BCUT2D eigenvalue weighted by atomic mass is 10.1. The minimum absolute atomic E-state index is 0.389. The van der Waals surface area contributed by atoms with Gasteiger partial charge in [-0.2, -0.15) is 10.2 Å². The zero-order chi connectivity index (χ0) is 21.2. The summed E-state index contributed by atoms with van der Waals surface area (Å²) >= 11 is 0. The minimum Gasteiger partial charge on any atom is -0.487 e. The quantitative estimate of drug-likeness (QED) is 0.427. The largest absolute Gasteiger partial charge is 0.487 e. The average Bonchev–Trinajstić information content (AvgIpc) is 3.51. The van der Waals surface area contributed by atoms with E-state index in [9.17, 15) is 0 Å². The third kappa shape index (κ3) is 3.76. The van der Waals surface area contributed by atoms with Gasteiger partial charge in [0.15, 0.2) is 0 Å². The van der Waals surface area contributed by atoms with Crippen molar-refractivity contribution >= 4 is 5.52 Å². The molecule has 5 rings (SSSR count). The molecule has 152 valence electrons. The van der Waals surface area contributed by atoms with Crippen molar-refractivity contribution in [3.8, 4) is 28.7 Å². The lowest BCUT2D eigenvalue weighted by Gasteiger charge is -2.10. The Hall–Kier alpha value is -4.38. The molecule has 8 nitrogen and oxygen atoms in total. The maximum Gasteiger partial charge on any atom is 0.147 e. The van der Waals surface area contributed by atoms with Crippen LogP contribution >= 0.6 is 0 Å². The van der Waals surface area contributed by atoms with Crippen LogP contribution in [0.1, 0.15) is 16.8 Å². The van der Waals surface area contributed by atoms with Crippen LogP contribution in [0.15, 0.2) is 67.9 Å². The van der Waals surface area contributed by atoms with Crippen molar-refractivity contribution in [2.75, 3.05) is 0 Å². The standard InChI is InChI=1S/C23H19N7O/c1-28-16-25-12-21(28)6-5-18-10-27-30-14-19(20-11-26-29(2)13-20)8-22(23(18)30)31-15-17-4-3-7-24-9-17/h3-4,7-14,16H,15H2,1-2H3. The molecular weight excluding hydrogens is 390 g/mol. The van der Waals surface area contributed by atoms with E-state index in [0.29, 0.717) is 12.4 Å². The fraction of sp³-hybridized carbons (Fsp3) is 0.130. The molecule has 0 aliphatic heterocycles. The molecule has 0 unspecified atom stereocenters. The summed E-state index contributed by atoms with van der Waals surface area (Å²) in [6.07, 6.45) is 14.5. The fourth-order valence-corrected chi connectivity index (χ4v) is 3.27. The van der Waals surface area contributed by atoms with E-state index < -0.39 is 0 Å². The molecule has 0 radical (unpaired) electrons. The molecule has 0 bridgehead atoms. The van der Waals surface area contributed by atoms with E-state index in [4.69, 9.17) is 4.74 Å². The van der Waals surface area contributed by atoms with Gasteiger partial charge in [0.05, 0.1) is 30.5 Å². The van der Waals surface area contributed by atoms with Crippen molar-refractivity contribution in [3.63, 3.8) is 0 Å². The predicted molar refractivity (Wildman–Crippen MR) is 115 cm³/mol. The number of aromatic nitrogens is 7. The molecule has 0 saturated heterocycles. The van der Waals surface area contributed by atoms with Crippen LogP contribution in [0.5, 0.6) is 5.75 Å². The fourth-order valence-electron chi connectivity index (χ4n) is 3.27. The summed E-state index contributed by atoms with van der Waals surface area (Å²) in [5.74, 6) is 7.06. The molecule has 0 amide bonds. The highest BCUT2D eigenvalue weighted by Crippen LogP contribution is 2.30. The van der Waals surface area contributed by atoms with Crippen molar-refractivity contribution in [2.45, 2.75) is 6.61 Å². The van der Waals surface area contributed by atoms with Crippen molar-refractivity contribution in [3.05, 3.63) is 84.7 Å². The Morgan fingerprint density at radius 1 is 0.968 bits per heavy atom. The number of hydrogen-bond donors (Lipinski definition) is 0. The van der Waals surface area contributed by atoms with Gasteiger partial charge in [0.25, 0.3) is 0 Å². The Morgan fingerprint density at radius 2 is 1.90 bits per heavy atom. The lowest BCUT2D eigenvalue weighted by molar-refractivity contribution is 0.308. The number of fused-ring (bicyclic) bond motifs is 1. The Labute approximate surface area is 178 Å². The van der Waals surface area contributed by atoms with Gasteiger partial charge >= 0.3 is 0 Å². The molecule has 0 aliphatic rings. The zero-order valence-electron chi connectivity index (χ0n) is 17.1. The second kappa shape index (κ2) is 7.80. The number of hydrogen-bond acceptors (Lipinski definition) is 5. The van der Waals surface area contributed by atoms with E-state index in [-0.39, 0.29) is 0 Å². The Kier molecular flexibility index (Phi) is 4.69. The van der Waals surface area contributed by atoms with Gasteiger partial charge in [-0.15, -0.1) is 0 Å². The van der Waals surface area contributed by atoms with Gasteiger partial charge in [-0.05, 0) is 18.1 Å². The van der Waals surface area contributed by atoms with Gasteiger partial charge in [-0.1, -0.05) is 12.0 Å². The minimum atomic E-state index is 0.389. The maximum atomic E-state index is 6.22. The van der Waals surface area contributed by atoms with Gasteiger partial charge < -0.3 is 9.30 Å². The molecule has 0 aliphatic carbocycles. The first-order chi connectivity index (χ1) is 15.2. The first-order valence-electron chi connectivity index (χ1n) is 9.68. The van der Waals surface area contributed by atoms with Crippen molar-refractivity contribution in [1.29, 1.82) is 0 Å². The van der Waals surface area contributed by atoms with Crippen molar-refractivity contribution < 1.29 is 4.74 Å². The molecule has 0 atom stereocenters. The molecule has 0 fully saturated rings. The Balaban J connectivity index is 1.59. The molecule has 5 aromatic rings. The first kappa shape index (κ1) is 18.6. The van der Waals surface area contributed by atoms with Gasteiger partial charge in [0.2, 0.25) is 0 Å². The van der Waals surface area contributed by atoms with E-state index >= 15 is 0 Å². The van der Waals surface area contributed by atoms with E-state index in [1.165, 1.54) is 0 Å². The molecule has 0 N–H and O–H groups in total. The predicted octanol–water partition coefficient (Wildman–Crippen LogP) is 2.84. The van der Waals surface area contributed by atoms with Crippen LogP contribution in [0.3, 0.4) is 0 Å². The number of aryl methyl sites for hydroxylation is 2. The van der Waals surface area contributed by atoms with Crippen LogP contribution < -0.4 is 4.74 Å². The molecule has 5 aromatic heterocycles. The van der Waals surface area contributed by atoms with E-state index in [2.05, 4.69) is 32.0 Å². The highest BCUT2D eigenvalue weighted by atomic mass is 16.5. The SMILES string of the molecule is Cn1cc(-c2cc(OCc3cccnc3)c3c(C#Cc4cncn4C)cnn3c2)cn1. The van der Waals surface area contributed by atoms with E-state index in [1.807, 2.05) is 55.5 Å². The van der Waals surface area contributed by atoms with Crippen LogP contribution in [0.25, 0.3) is 16.6 Å². The number of imidazole rings is 1. The summed E-state index contributed by atoms with van der Waals surface area (Å²) < 4.78 is 11.7. The Morgan fingerprint density at radius 3 is 2.65 bits per heavy atom. The summed E-state index contributed by atoms with van der Waals surface area (Å²) in [5, 5.41) is 8.80. The topological polar surface area (TPSA) is 75.1 Å². The van der Waals surface area contributed by atoms with Gasteiger partial charge in [0, 0.05) is 55.6 Å².